The van der Waals surface area contributed by atoms with E-state index in [-0.39, 0.29) is 5.91 Å². The summed E-state index contributed by atoms with van der Waals surface area (Å²) in [4.78, 5) is 15.4. The highest BCUT2D eigenvalue weighted by Gasteiger charge is 2.30. The van der Waals surface area contributed by atoms with Crippen LogP contribution in [0.4, 0.5) is 0 Å². The second-order valence-corrected chi connectivity index (χ2v) is 9.35. The zero-order valence-electron chi connectivity index (χ0n) is 20.5. The molecule has 33 heavy (non-hydrogen) atoms. The first-order valence-electron chi connectivity index (χ1n) is 12.0. The number of nitrogens with one attached hydrogen (secondary N) is 3. The van der Waals surface area contributed by atoms with E-state index in [2.05, 4.69) is 46.2 Å². The zero-order valence-corrected chi connectivity index (χ0v) is 20.5. The highest BCUT2D eigenvalue weighted by atomic mass is 16.1. The van der Waals surface area contributed by atoms with E-state index in [0.717, 1.165) is 24.5 Å². The molecule has 8 heteroatoms. The molecule has 1 aliphatic carbocycles. The van der Waals surface area contributed by atoms with Crippen molar-refractivity contribution >= 4 is 5.91 Å². The Kier molecular flexibility index (Phi) is 8.49. The molecule has 0 saturated heterocycles. The number of dihydropyridines is 1. The first-order valence-corrected chi connectivity index (χ1v) is 12.0. The summed E-state index contributed by atoms with van der Waals surface area (Å²) < 4.78 is 0. The van der Waals surface area contributed by atoms with Crippen molar-refractivity contribution in [2.75, 3.05) is 33.7 Å². The Bertz CT molecular complexity index is 864. The Balaban J connectivity index is 1.67. The molecule has 3 rings (SSSR count). The van der Waals surface area contributed by atoms with E-state index in [1.165, 1.54) is 43.0 Å². The van der Waals surface area contributed by atoms with E-state index in [1.807, 2.05) is 26.0 Å². The monoisotopic (exact) mass is 455 g/mol. The number of hydrogen-bond acceptors (Lipinski definition) is 7. The molecule has 1 saturated carbocycles. The number of nitrogens with two attached hydrogens (primary N) is 2. The lowest BCUT2D eigenvalue weighted by Gasteiger charge is -2.36. The van der Waals surface area contributed by atoms with Gasteiger partial charge in [-0.15, -0.1) is 0 Å². The lowest BCUT2D eigenvalue weighted by atomic mass is 9.95. The van der Waals surface area contributed by atoms with Crippen molar-refractivity contribution in [2.45, 2.75) is 45.6 Å². The molecule has 0 bridgehead atoms. The fourth-order valence-electron chi connectivity index (χ4n) is 5.02. The zero-order chi connectivity index (χ0) is 24.0. The molecule has 0 aromatic carbocycles. The maximum absolute atomic E-state index is 13.2. The third kappa shape index (κ3) is 6.13. The number of amides is 1. The Morgan fingerprint density at radius 2 is 2.09 bits per heavy atom. The van der Waals surface area contributed by atoms with Crippen LogP contribution in [-0.4, -0.2) is 55.6 Å². The van der Waals surface area contributed by atoms with E-state index < -0.39 is 5.92 Å². The minimum absolute atomic E-state index is 0.0517. The molecule has 0 aromatic rings. The van der Waals surface area contributed by atoms with Gasteiger partial charge in [0.15, 0.2) is 0 Å². The van der Waals surface area contributed by atoms with Crippen LogP contribution in [-0.2, 0) is 4.79 Å². The predicted molar refractivity (Wildman–Crippen MR) is 134 cm³/mol. The van der Waals surface area contributed by atoms with Crippen LogP contribution in [0.1, 0.15) is 39.5 Å². The normalized spacial score (nSPS) is 21.7. The van der Waals surface area contributed by atoms with Crippen LogP contribution in [0.3, 0.4) is 0 Å². The molecule has 182 valence electrons. The first kappa shape index (κ1) is 24.8. The molecule has 7 N–H and O–H groups in total. The summed E-state index contributed by atoms with van der Waals surface area (Å²) in [5.74, 6) is 0.170. The average molecular weight is 456 g/mol. The SMILES string of the molecule is CC(C(=O)NCC1=CC(C2=CN(C)NC2)=CCN1)/C(=C(N)\C=C/N)N(C)C(C)C1CCCC1. The van der Waals surface area contributed by atoms with Gasteiger partial charge in [-0.25, -0.2) is 5.43 Å². The molecule has 0 radical (unpaired) electrons. The lowest BCUT2D eigenvalue weighted by molar-refractivity contribution is -0.123. The number of hydrazine groups is 1. The highest BCUT2D eigenvalue weighted by Crippen LogP contribution is 2.32. The minimum Gasteiger partial charge on any atom is -0.405 e. The van der Waals surface area contributed by atoms with Crippen LogP contribution in [0.2, 0.25) is 0 Å². The molecule has 1 fully saturated rings. The van der Waals surface area contributed by atoms with Gasteiger partial charge < -0.3 is 32.0 Å². The van der Waals surface area contributed by atoms with Crippen molar-refractivity contribution in [3.8, 4) is 0 Å². The van der Waals surface area contributed by atoms with Crippen LogP contribution >= 0.6 is 0 Å². The lowest BCUT2D eigenvalue weighted by Crippen LogP contribution is -2.42. The Hall–Kier alpha value is -2.87. The summed E-state index contributed by atoms with van der Waals surface area (Å²) in [5, 5.41) is 8.43. The summed E-state index contributed by atoms with van der Waals surface area (Å²) in [6.07, 6.45) is 14.5. The molecule has 1 amide bonds. The molecule has 8 nitrogen and oxygen atoms in total. The van der Waals surface area contributed by atoms with Crippen molar-refractivity contribution in [1.82, 2.24) is 26.0 Å². The Morgan fingerprint density at radius 3 is 2.73 bits per heavy atom. The molecule has 3 aliphatic rings. The van der Waals surface area contributed by atoms with Gasteiger partial charge in [-0.2, -0.15) is 0 Å². The summed E-state index contributed by atoms with van der Waals surface area (Å²) in [6, 6.07) is 0.310. The van der Waals surface area contributed by atoms with E-state index in [1.54, 1.807) is 6.08 Å². The fourth-order valence-corrected chi connectivity index (χ4v) is 5.02. The minimum atomic E-state index is -0.398. The second-order valence-electron chi connectivity index (χ2n) is 9.35. The number of allylic oxidation sites excluding steroid dienone is 2. The van der Waals surface area contributed by atoms with E-state index >= 15 is 0 Å². The van der Waals surface area contributed by atoms with Gasteiger partial charge in [0.05, 0.1) is 18.2 Å². The summed E-state index contributed by atoms with van der Waals surface area (Å²) in [6.45, 7) is 6.14. The van der Waals surface area contributed by atoms with E-state index in [9.17, 15) is 4.79 Å². The summed E-state index contributed by atoms with van der Waals surface area (Å²) >= 11 is 0. The molecule has 2 unspecified atom stereocenters. The van der Waals surface area contributed by atoms with Crippen LogP contribution in [0, 0.1) is 11.8 Å². The maximum Gasteiger partial charge on any atom is 0.229 e. The molecular formula is C25H41N7O. The van der Waals surface area contributed by atoms with Crippen molar-refractivity contribution < 1.29 is 4.79 Å². The largest absolute Gasteiger partial charge is 0.405 e. The van der Waals surface area contributed by atoms with Gasteiger partial charge >= 0.3 is 0 Å². The van der Waals surface area contributed by atoms with Crippen LogP contribution in [0.25, 0.3) is 0 Å². The van der Waals surface area contributed by atoms with E-state index in [0.29, 0.717) is 24.2 Å². The highest BCUT2D eigenvalue weighted by molar-refractivity contribution is 5.81. The van der Waals surface area contributed by atoms with Gasteiger partial charge in [-0.05, 0) is 62.1 Å². The summed E-state index contributed by atoms with van der Waals surface area (Å²) in [5.41, 5.74) is 20.1. The van der Waals surface area contributed by atoms with Crippen LogP contribution < -0.4 is 27.5 Å². The molecule has 2 atom stereocenters. The van der Waals surface area contributed by atoms with Gasteiger partial charge in [-0.1, -0.05) is 18.9 Å². The van der Waals surface area contributed by atoms with Gasteiger partial charge in [0.25, 0.3) is 0 Å². The van der Waals surface area contributed by atoms with Crippen molar-refractivity contribution in [3.63, 3.8) is 0 Å². The predicted octanol–water partition coefficient (Wildman–Crippen LogP) is 1.64. The number of carbonyl (C=O) groups excluding carboxylic acids is 1. The van der Waals surface area contributed by atoms with Crippen LogP contribution in [0.15, 0.2) is 58.9 Å². The second kappa shape index (κ2) is 11.3. The number of hydrogen-bond donors (Lipinski definition) is 5. The average Bonchev–Trinajstić information content (AvgIpc) is 3.49. The third-order valence-electron chi connectivity index (χ3n) is 7.12. The smallest absolute Gasteiger partial charge is 0.229 e. The third-order valence-corrected chi connectivity index (χ3v) is 7.12. The van der Waals surface area contributed by atoms with Gasteiger partial charge in [-0.3, -0.25) is 4.79 Å². The number of carbonyl (C=O) groups is 1. The van der Waals surface area contributed by atoms with Gasteiger partial charge in [0.2, 0.25) is 5.91 Å². The standard InChI is InChI=1S/C25H41N7O/c1-17(24(23(27)9-11-26)32(4)18(2)19-7-5-6-8-19)25(33)29-15-22-13-20(10-12-28-22)21-14-30-31(3)16-21/h9-11,13,16-19,28,30H,5-8,12,14-15,26-27H2,1-4H3,(H,29,33)/b11-9-,24-23-. The Morgan fingerprint density at radius 1 is 1.36 bits per heavy atom. The number of rotatable bonds is 9. The van der Waals surface area contributed by atoms with Gasteiger partial charge in [0.1, 0.15) is 0 Å². The van der Waals surface area contributed by atoms with Crippen LogP contribution in [0.5, 0.6) is 0 Å². The molecular weight excluding hydrogens is 414 g/mol. The molecule has 2 heterocycles. The van der Waals surface area contributed by atoms with Crippen molar-refractivity contribution in [1.29, 1.82) is 0 Å². The fraction of sp³-hybridized carbons (Fsp3) is 0.560. The first-order chi connectivity index (χ1) is 15.8. The van der Waals surface area contributed by atoms with Gasteiger partial charge in [0, 0.05) is 50.8 Å². The van der Waals surface area contributed by atoms with Crippen molar-refractivity contribution in [3.05, 3.63) is 58.9 Å². The maximum atomic E-state index is 13.2. The summed E-state index contributed by atoms with van der Waals surface area (Å²) in [7, 11) is 4.03. The Labute approximate surface area is 198 Å². The molecule has 0 aromatic heterocycles. The van der Waals surface area contributed by atoms with E-state index in [4.69, 9.17) is 11.5 Å². The molecule has 2 aliphatic heterocycles. The topological polar surface area (TPSA) is 112 Å². The quantitative estimate of drug-likeness (QED) is 0.336. The number of nitrogens with zero attached hydrogens (tertiary/aromatic N) is 2. The van der Waals surface area contributed by atoms with Crippen molar-refractivity contribution in [2.24, 2.45) is 23.3 Å². The molecule has 0 spiro atoms.